The van der Waals surface area contributed by atoms with Gasteiger partial charge in [0.15, 0.2) is 0 Å². The number of para-hydroxylation sites is 2. The zero-order valence-electron chi connectivity index (χ0n) is 11.2. The molecule has 0 saturated carbocycles. The molecule has 1 atom stereocenters. The van der Waals surface area contributed by atoms with E-state index in [0.717, 1.165) is 0 Å². The van der Waals surface area contributed by atoms with E-state index in [4.69, 9.17) is 5.73 Å². The van der Waals surface area contributed by atoms with Crippen LogP contribution in [-0.2, 0) is 0 Å². The first kappa shape index (κ1) is 12.7. The van der Waals surface area contributed by atoms with E-state index in [1.54, 1.807) is 0 Å². The molecule has 0 bridgehead atoms. The molecule has 0 aliphatic rings. The van der Waals surface area contributed by atoms with E-state index in [0.29, 0.717) is 0 Å². The summed E-state index contributed by atoms with van der Waals surface area (Å²) >= 11 is 0. The first-order valence-corrected chi connectivity index (χ1v) is 6.25. The summed E-state index contributed by atoms with van der Waals surface area (Å²) in [6.45, 7) is 4.14. The normalized spacial score (nSPS) is 12.2. The summed E-state index contributed by atoms with van der Waals surface area (Å²) < 4.78 is 0. The Bertz CT molecular complexity index is 532. The molecule has 94 valence electrons. The van der Waals surface area contributed by atoms with Crippen LogP contribution in [0, 0.1) is 6.92 Å². The number of hydrogen-bond acceptors (Lipinski definition) is 2. The minimum atomic E-state index is 0.0349. The Labute approximate surface area is 109 Å². The number of benzene rings is 2. The third-order valence-corrected chi connectivity index (χ3v) is 3.27. The van der Waals surface area contributed by atoms with Gasteiger partial charge >= 0.3 is 0 Å². The van der Waals surface area contributed by atoms with E-state index in [1.807, 2.05) is 13.0 Å². The third-order valence-electron chi connectivity index (χ3n) is 3.27. The van der Waals surface area contributed by atoms with Gasteiger partial charge in [0, 0.05) is 24.5 Å². The maximum atomic E-state index is 6.04. The minimum Gasteiger partial charge on any atom is -0.344 e. The van der Waals surface area contributed by atoms with Crippen LogP contribution in [0.4, 0.5) is 11.4 Å². The van der Waals surface area contributed by atoms with Gasteiger partial charge in [0.2, 0.25) is 0 Å². The summed E-state index contributed by atoms with van der Waals surface area (Å²) in [5, 5.41) is 0. The second-order valence-electron chi connectivity index (χ2n) is 4.69. The molecule has 0 heterocycles. The summed E-state index contributed by atoms with van der Waals surface area (Å²) in [5.41, 5.74) is 10.9. The fourth-order valence-corrected chi connectivity index (χ4v) is 2.25. The maximum Gasteiger partial charge on any atom is 0.0456 e. The lowest BCUT2D eigenvalue weighted by atomic mass is 10.0. The van der Waals surface area contributed by atoms with Crippen molar-refractivity contribution in [2.75, 3.05) is 11.9 Å². The SMILES string of the molecule is Cc1ccccc1N(C)c1ccccc1[C@@H](C)N. The Morgan fingerprint density at radius 2 is 1.50 bits per heavy atom. The molecule has 2 aromatic carbocycles. The highest BCUT2D eigenvalue weighted by Gasteiger charge is 2.12. The summed E-state index contributed by atoms with van der Waals surface area (Å²) in [6, 6.07) is 16.7. The van der Waals surface area contributed by atoms with E-state index >= 15 is 0 Å². The molecule has 2 heteroatoms. The van der Waals surface area contributed by atoms with Crippen LogP contribution in [-0.4, -0.2) is 7.05 Å². The maximum absolute atomic E-state index is 6.04. The first-order valence-electron chi connectivity index (χ1n) is 6.25. The molecule has 2 rings (SSSR count). The molecular weight excluding hydrogens is 220 g/mol. The molecular formula is C16H20N2. The average molecular weight is 240 g/mol. The van der Waals surface area contributed by atoms with E-state index in [-0.39, 0.29) is 6.04 Å². The van der Waals surface area contributed by atoms with Crippen LogP contribution in [0.1, 0.15) is 24.1 Å². The lowest BCUT2D eigenvalue weighted by Crippen LogP contribution is -2.16. The number of anilines is 2. The van der Waals surface area contributed by atoms with Gasteiger partial charge in [-0.25, -0.2) is 0 Å². The Kier molecular flexibility index (Phi) is 3.68. The lowest BCUT2D eigenvalue weighted by Gasteiger charge is -2.25. The van der Waals surface area contributed by atoms with Gasteiger partial charge < -0.3 is 10.6 Å². The molecule has 18 heavy (non-hydrogen) atoms. The van der Waals surface area contributed by atoms with Crippen molar-refractivity contribution in [1.29, 1.82) is 0 Å². The Morgan fingerprint density at radius 1 is 0.944 bits per heavy atom. The predicted molar refractivity (Wildman–Crippen MR) is 78.3 cm³/mol. The number of nitrogens with zero attached hydrogens (tertiary/aromatic N) is 1. The Balaban J connectivity index is 2.46. The van der Waals surface area contributed by atoms with Crippen LogP contribution >= 0.6 is 0 Å². The van der Waals surface area contributed by atoms with Crippen LogP contribution < -0.4 is 10.6 Å². The first-order chi connectivity index (χ1) is 8.61. The number of nitrogens with two attached hydrogens (primary N) is 1. The Morgan fingerprint density at radius 3 is 2.11 bits per heavy atom. The summed E-state index contributed by atoms with van der Waals surface area (Å²) in [7, 11) is 2.09. The van der Waals surface area contributed by atoms with Crippen molar-refractivity contribution >= 4 is 11.4 Å². The summed E-state index contributed by atoms with van der Waals surface area (Å²) in [6.07, 6.45) is 0. The van der Waals surface area contributed by atoms with Crippen molar-refractivity contribution in [3.05, 3.63) is 59.7 Å². The molecule has 0 aliphatic heterocycles. The van der Waals surface area contributed by atoms with Crippen molar-refractivity contribution in [3.8, 4) is 0 Å². The predicted octanol–water partition coefficient (Wildman–Crippen LogP) is 3.78. The van der Waals surface area contributed by atoms with Gasteiger partial charge in [0.25, 0.3) is 0 Å². The fraction of sp³-hybridized carbons (Fsp3) is 0.250. The smallest absolute Gasteiger partial charge is 0.0456 e. The van der Waals surface area contributed by atoms with Gasteiger partial charge in [-0.05, 0) is 37.1 Å². The van der Waals surface area contributed by atoms with Crippen LogP contribution in [0.5, 0.6) is 0 Å². The topological polar surface area (TPSA) is 29.3 Å². The lowest BCUT2D eigenvalue weighted by molar-refractivity contribution is 0.815. The molecule has 0 fully saturated rings. The van der Waals surface area contributed by atoms with E-state index < -0.39 is 0 Å². The van der Waals surface area contributed by atoms with Gasteiger partial charge in [-0.15, -0.1) is 0 Å². The average Bonchev–Trinajstić information content (AvgIpc) is 2.38. The zero-order chi connectivity index (χ0) is 13.1. The van der Waals surface area contributed by atoms with Gasteiger partial charge in [0.05, 0.1) is 0 Å². The standard InChI is InChI=1S/C16H20N2/c1-12-8-4-6-10-15(12)18(3)16-11-7-5-9-14(16)13(2)17/h4-11,13H,17H2,1-3H3/t13-/m1/s1. The number of rotatable bonds is 3. The van der Waals surface area contributed by atoms with Gasteiger partial charge in [-0.3, -0.25) is 0 Å². The highest BCUT2D eigenvalue weighted by molar-refractivity contribution is 5.68. The number of aryl methyl sites for hydroxylation is 1. The quantitative estimate of drug-likeness (QED) is 0.884. The molecule has 0 radical (unpaired) electrons. The monoisotopic (exact) mass is 240 g/mol. The summed E-state index contributed by atoms with van der Waals surface area (Å²) in [5.74, 6) is 0. The van der Waals surface area contributed by atoms with Crippen LogP contribution in [0.25, 0.3) is 0 Å². The van der Waals surface area contributed by atoms with Crippen LogP contribution in [0.3, 0.4) is 0 Å². The van der Waals surface area contributed by atoms with Crippen molar-refractivity contribution in [1.82, 2.24) is 0 Å². The highest BCUT2D eigenvalue weighted by Crippen LogP contribution is 2.31. The van der Waals surface area contributed by atoms with Gasteiger partial charge in [-0.2, -0.15) is 0 Å². The zero-order valence-corrected chi connectivity index (χ0v) is 11.2. The second-order valence-corrected chi connectivity index (χ2v) is 4.69. The van der Waals surface area contributed by atoms with Crippen LogP contribution in [0.2, 0.25) is 0 Å². The van der Waals surface area contributed by atoms with E-state index in [1.165, 1.54) is 22.5 Å². The Hall–Kier alpha value is -1.80. The summed E-state index contributed by atoms with van der Waals surface area (Å²) in [4.78, 5) is 2.20. The molecule has 2 nitrogen and oxygen atoms in total. The van der Waals surface area contributed by atoms with Gasteiger partial charge in [-0.1, -0.05) is 36.4 Å². The minimum absolute atomic E-state index is 0.0349. The number of hydrogen-bond donors (Lipinski definition) is 1. The van der Waals surface area contributed by atoms with Crippen molar-refractivity contribution < 1.29 is 0 Å². The third kappa shape index (κ3) is 2.39. The van der Waals surface area contributed by atoms with E-state index in [9.17, 15) is 0 Å². The molecule has 2 aromatic rings. The van der Waals surface area contributed by atoms with E-state index in [2.05, 4.69) is 61.3 Å². The van der Waals surface area contributed by atoms with Crippen molar-refractivity contribution in [2.45, 2.75) is 19.9 Å². The van der Waals surface area contributed by atoms with Crippen LogP contribution in [0.15, 0.2) is 48.5 Å². The molecule has 0 amide bonds. The molecule has 0 saturated heterocycles. The highest BCUT2D eigenvalue weighted by atomic mass is 15.1. The second kappa shape index (κ2) is 5.23. The molecule has 0 aliphatic carbocycles. The molecule has 0 aromatic heterocycles. The largest absolute Gasteiger partial charge is 0.344 e. The molecule has 0 unspecified atom stereocenters. The van der Waals surface area contributed by atoms with Gasteiger partial charge in [0.1, 0.15) is 0 Å². The van der Waals surface area contributed by atoms with Crippen molar-refractivity contribution in [2.24, 2.45) is 5.73 Å². The van der Waals surface area contributed by atoms with Crippen molar-refractivity contribution in [3.63, 3.8) is 0 Å². The molecule has 2 N–H and O–H groups in total. The fourth-order valence-electron chi connectivity index (χ4n) is 2.25. The molecule has 0 spiro atoms.